The van der Waals surface area contributed by atoms with Crippen molar-refractivity contribution in [3.63, 3.8) is 0 Å². The van der Waals surface area contributed by atoms with Gasteiger partial charge in [0.25, 0.3) is 0 Å². The zero-order chi connectivity index (χ0) is 11.8. The fraction of sp³-hybridized carbons (Fsp3) is 0.583. The van der Waals surface area contributed by atoms with Gasteiger partial charge >= 0.3 is 0 Å². The van der Waals surface area contributed by atoms with Gasteiger partial charge in [-0.15, -0.1) is 0 Å². The van der Waals surface area contributed by atoms with E-state index in [1.807, 2.05) is 6.20 Å². The van der Waals surface area contributed by atoms with E-state index < -0.39 is 0 Å². The summed E-state index contributed by atoms with van der Waals surface area (Å²) in [5.41, 5.74) is 8.23. The van der Waals surface area contributed by atoms with Crippen LogP contribution in [0, 0.1) is 5.41 Å². The highest BCUT2D eigenvalue weighted by atomic mass is 79.9. The van der Waals surface area contributed by atoms with Crippen LogP contribution >= 0.6 is 15.9 Å². The summed E-state index contributed by atoms with van der Waals surface area (Å²) in [5, 5.41) is 0. The number of anilines is 2. The van der Waals surface area contributed by atoms with E-state index >= 15 is 0 Å². The number of nitrogen functional groups attached to an aromatic ring is 1. The van der Waals surface area contributed by atoms with Crippen LogP contribution in [0.3, 0.4) is 0 Å². The van der Waals surface area contributed by atoms with Crippen LogP contribution in [0.1, 0.15) is 26.7 Å². The molecule has 1 aliphatic heterocycles. The van der Waals surface area contributed by atoms with Crippen molar-refractivity contribution in [1.82, 2.24) is 4.98 Å². The molecule has 16 heavy (non-hydrogen) atoms. The third-order valence-electron chi connectivity index (χ3n) is 3.12. The largest absolute Gasteiger partial charge is 0.396 e. The summed E-state index contributed by atoms with van der Waals surface area (Å²) in [6.45, 7) is 6.75. The van der Waals surface area contributed by atoms with Crippen molar-refractivity contribution in [3.05, 3.63) is 16.9 Å². The molecule has 88 valence electrons. The third kappa shape index (κ3) is 2.32. The average Bonchev–Trinajstić information content (AvgIpc) is 2.15. The minimum absolute atomic E-state index is 0.368. The van der Waals surface area contributed by atoms with Gasteiger partial charge in [-0.2, -0.15) is 0 Å². The minimum atomic E-state index is 0.368. The molecule has 0 radical (unpaired) electrons. The lowest BCUT2D eigenvalue weighted by molar-refractivity contribution is 0.293. The van der Waals surface area contributed by atoms with Crippen molar-refractivity contribution in [2.24, 2.45) is 5.41 Å². The van der Waals surface area contributed by atoms with E-state index in [1.54, 1.807) is 6.20 Å². The molecule has 1 aromatic rings. The standard InChI is InChI=1S/C12H18BrN3/c1-12(2)4-3-5-16(8-12)11-9(13)6-15-7-10(11)14/h6-7H,3-5,8,14H2,1-2H3. The van der Waals surface area contributed by atoms with Crippen LogP contribution < -0.4 is 10.6 Å². The molecule has 0 bridgehead atoms. The van der Waals surface area contributed by atoms with Crippen LogP contribution in [0.25, 0.3) is 0 Å². The summed E-state index contributed by atoms with van der Waals surface area (Å²) in [5.74, 6) is 0. The first kappa shape index (κ1) is 11.7. The Hall–Kier alpha value is -0.770. The van der Waals surface area contributed by atoms with Gasteiger partial charge in [-0.1, -0.05) is 13.8 Å². The molecule has 1 aliphatic rings. The monoisotopic (exact) mass is 283 g/mol. The number of nitrogens with two attached hydrogens (primary N) is 1. The zero-order valence-electron chi connectivity index (χ0n) is 9.83. The van der Waals surface area contributed by atoms with Gasteiger partial charge in [0.1, 0.15) is 0 Å². The Kier molecular flexibility index (Phi) is 3.10. The summed E-state index contributed by atoms with van der Waals surface area (Å²) < 4.78 is 0.991. The molecule has 4 heteroatoms. The van der Waals surface area contributed by atoms with Gasteiger partial charge in [-0.05, 0) is 34.2 Å². The minimum Gasteiger partial charge on any atom is -0.396 e. The van der Waals surface area contributed by atoms with Gasteiger partial charge in [0, 0.05) is 19.3 Å². The van der Waals surface area contributed by atoms with Crippen LogP contribution in [0.2, 0.25) is 0 Å². The Morgan fingerprint density at radius 2 is 2.19 bits per heavy atom. The molecule has 0 saturated carbocycles. The number of aromatic nitrogens is 1. The molecule has 2 heterocycles. The number of nitrogens with zero attached hydrogens (tertiary/aromatic N) is 2. The van der Waals surface area contributed by atoms with E-state index in [2.05, 4.69) is 39.7 Å². The first-order valence-electron chi connectivity index (χ1n) is 5.63. The first-order chi connectivity index (χ1) is 7.49. The molecule has 2 rings (SSSR count). The molecular formula is C12H18BrN3. The summed E-state index contributed by atoms with van der Waals surface area (Å²) in [4.78, 5) is 6.44. The molecule has 0 unspecified atom stereocenters. The molecule has 0 aliphatic carbocycles. The number of piperidine rings is 1. The van der Waals surface area contributed by atoms with Crippen LogP contribution in [0.15, 0.2) is 16.9 Å². The van der Waals surface area contributed by atoms with E-state index in [0.29, 0.717) is 5.41 Å². The molecular weight excluding hydrogens is 266 g/mol. The van der Waals surface area contributed by atoms with Gasteiger partial charge in [-0.25, -0.2) is 0 Å². The van der Waals surface area contributed by atoms with Crippen molar-refractivity contribution in [3.8, 4) is 0 Å². The van der Waals surface area contributed by atoms with Gasteiger partial charge in [0.05, 0.1) is 22.0 Å². The Morgan fingerprint density at radius 3 is 2.81 bits per heavy atom. The second kappa shape index (κ2) is 4.24. The summed E-state index contributed by atoms with van der Waals surface area (Å²) in [7, 11) is 0. The number of hydrogen-bond donors (Lipinski definition) is 1. The smallest absolute Gasteiger partial charge is 0.0776 e. The number of halogens is 1. The fourth-order valence-electron chi connectivity index (χ4n) is 2.39. The zero-order valence-corrected chi connectivity index (χ0v) is 11.4. The Bertz CT molecular complexity index is 370. The molecule has 0 amide bonds. The molecule has 0 atom stereocenters. The highest BCUT2D eigenvalue weighted by molar-refractivity contribution is 9.10. The van der Waals surface area contributed by atoms with Crippen molar-refractivity contribution >= 4 is 27.3 Å². The third-order valence-corrected chi connectivity index (χ3v) is 3.70. The predicted octanol–water partition coefficient (Wildman–Crippen LogP) is 3.05. The highest BCUT2D eigenvalue weighted by Crippen LogP contribution is 2.37. The Balaban J connectivity index is 2.30. The van der Waals surface area contributed by atoms with E-state index in [-0.39, 0.29) is 0 Å². The normalized spacial score (nSPS) is 19.8. The maximum Gasteiger partial charge on any atom is 0.0776 e. The lowest BCUT2D eigenvalue weighted by Crippen LogP contribution is -2.40. The Labute approximate surface area is 105 Å². The summed E-state index contributed by atoms with van der Waals surface area (Å²) >= 11 is 3.54. The van der Waals surface area contributed by atoms with Crippen LogP contribution in [-0.2, 0) is 0 Å². The molecule has 3 nitrogen and oxygen atoms in total. The lowest BCUT2D eigenvalue weighted by Gasteiger charge is -2.40. The first-order valence-corrected chi connectivity index (χ1v) is 6.43. The van der Waals surface area contributed by atoms with Crippen molar-refractivity contribution in [2.45, 2.75) is 26.7 Å². The van der Waals surface area contributed by atoms with Crippen LogP contribution in [-0.4, -0.2) is 18.1 Å². The molecule has 1 fully saturated rings. The fourth-order valence-corrected chi connectivity index (χ4v) is 2.99. The van der Waals surface area contributed by atoms with Crippen molar-refractivity contribution in [1.29, 1.82) is 0 Å². The van der Waals surface area contributed by atoms with E-state index in [0.717, 1.165) is 28.9 Å². The molecule has 0 aromatic carbocycles. The van der Waals surface area contributed by atoms with Gasteiger partial charge < -0.3 is 10.6 Å². The molecule has 0 spiro atoms. The molecule has 1 saturated heterocycles. The van der Waals surface area contributed by atoms with E-state index in [4.69, 9.17) is 5.73 Å². The van der Waals surface area contributed by atoms with Crippen LogP contribution in [0.5, 0.6) is 0 Å². The Morgan fingerprint density at radius 1 is 1.44 bits per heavy atom. The maximum absolute atomic E-state index is 6.01. The molecule has 1 aromatic heterocycles. The topological polar surface area (TPSA) is 42.1 Å². The SMILES string of the molecule is CC1(C)CCCN(c2c(N)cncc2Br)C1. The molecule has 2 N–H and O–H groups in total. The van der Waals surface area contributed by atoms with Crippen molar-refractivity contribution in [2.75, 3.05) is 23.7 Å². The van der Waals surface area contributed by atoms with E-state index in [1.165, 1.54) is 12.8 Å². The van der Waals surface area contributed by atoms with Gasteiger partial charge in [-0.3, -0.25) is 4.98 Å². The van der Waals surface area contributed by atoms with Gasteiger partial charge in [0.2, 0.25) is 0 Å². The number of rotatable bonds is 1. The van der Waals surface area contributed by atoms with Crippen molar-refractivity contribution < 1.29 is 0 Å². The lowest BCUT2D eigenvalue weighted by atomic mass is 9.84. The number of pyridine rings is 1. The maximum atomic E-state index is 6.01. The second-order valence-corrected chi connectivity index (χ2v) is 6.10. The summed E-state index contributed by atoms with van der Waals surface area (Å²) in [6.07, 6.45) is 6.04. The highest BCUT2D eigenvalue weighted by Gasteiger charge is 2.28. The second-order valence-electron chi connectivity index (χ2n) is 5.25. The number of hydrogen-bond acceptors (Lipinski definition) is 3. The predicted molar refractivity (Wildman–Crippen MR) is 71.6 cm³/mol. The summed E-state index contributed by atoms with van der Waals surface area (Å²) in [6, 6.07) is 0. The van der Waals surface area contributed by atoms with E-state index in [9.17, 15) is 0 Å². The van der Waals surface area contributed by atoms with Gasteiger partial charge in [0.15, 0.2) is 0 Å². The quantitative estimate of drug-likeness (QED) is 0.861. The van der Waals surface area contributed by atoms with Crippen LogP contribution in [0.4, 0.5) is 11.4 Å². The average molecular weight is 284 g/mol.